The van der Waals surface area contributed by atoms with Crippen molar-refractivity contribution in [2.45, 2.75) is 127 Å². The van der Waals surface area contributed by atoms with Gasteiger partial charge >= 0.3 is 6.18 Å². The van der Waals surface area contributed by atoms with Crippen LogP contribution in [0.1, 0.15) is 102 Å². The molecule has 2 aliphatic carbocycles. The molecular weight excluding hydrogens is 938 g/mol. The minimum Gasteiger partial charge on any atom is -0.379 e. The zero-order valence-corrected chi connectivity index (χ0v) is 41.6. The fraction of sp³-hybridized carbons (Fsp3) is 0.647. The van der Waals surface area contributed by atoms with Crippen LogP contribution in [0.3, 0.4) is 0 Å². The van der Waals surface area contributed by atoms with Gasteiger partial charge < -0.3 is 50.6 Å². The van der Waals surface area contributed by atoms with Crippen molar-refractivity contribution in [3.8, 4) is 0 Å². The molecule has 0 radical (unpaired) electrons. The van der Waals surface area contributed by atoms with Gasteiger partial charge in [0.2, 0.25) is 29.5 Å². The van der Waals surface area contributed by atoms with E-state index in [1.807, 2.05) is 11.0 Å². The highest BCUT2D eigenvalue weighted by Crippen LogP contribution is 2.37. The van der Waals surface area contributed by atoms with E-state index in [1.165, 1.54) is 12.4 Å². The van der Waals surface area contributed by atoms with Crippen molar-refractivity contribution in [2.75, 3.05) is 71.6 Å². The summed E-state index contributed by atoms with van der Waals surface area (Å²) >= 11 is 0. The first-order valence-corrected chi connectivity index (χ1v) is 25.5. The molecule has 0 bridgehead atoms. The Kier molecular flexibility index (Phi) is 19.5. The van der Waals surface area contributed by atoms with E-state index in [-0.39, 0.29) is 96.3 Å². The van der Waals surface area contributed by atoms with E-state index in [0.717, 1.165) is 56.3 Å². The highest BCUT2D eigenvalue weighted by atomic mass is 19.4. The van der Waals surface area contributed by atoms with Gasteiger partial charge in [0.05, 0.1) is 74.8 Å². The Morgan fingerprint density at radius 2 is 1.60 bits per heavy atom. The maximum absolute atomic E-state index is 14.0. The lowest BCUT2D eigenvalue weighted by molar-refractivity contribution is -0.137. The number of benzene rings is 1. The van der Waals surface area contributed by atoms with E-state index < -0.39 is 23.7 Å². The molecule has 3 aromatic rings. The van der Waals surface area contributed by atoms with Gasteiger partial charge in [-0.15, -0.1) is 0 Å². The second-order valence-electron chi connectivity index (χ2n) is 19.9. The maximum Gasteiger partial charge on any atom is 0.416 e. The van der Waals surface area contributed by atoms with Gasteiger partial charge in [-0.2, -0.15) is 13.2 Å². The van der Waals surface area contributed by atoms with Crippen LogP contribution in [0.4, 0.5) is 19.0 Å². The third kappa shape index (κ3) is 15.0. The quantitative estimate of drug-likeness (QED) is 0.0780. The number of hydrogen-bond acceptors (Lipinski definition) is 13. The molecule has 2 aromatic heterocycles. The highest BCUT2D eigenvalue weighted by molar-refractivity contribution is 5.93. The summed E-state index contributed by atoms with van der Waals surface area (Å²) in [4.78, 5) is 81.6. The van der Waals surface area contributed by atoms with Crippen LogP contribution in [0.15, 0.2) is 49.1 Å². The van der Waals surface area contributed by atoms with Gasteiger partial charge in [-0.1, -0.05) is 19.9 Å². The summed E-state index contributed by atoms with van der Waals surface area (Å²) in [5.41, 5.74) is 0.332. The SMILES string of the molecule is CC(C)CN[C@@H]1CC[C@H](N2CC[C@H](Nc3ncnc4ccc(C(F)(F)F)cc34)C2=O)[C@H](NC(=O)CC2CCC(NC(=O)CCOCCOCCOCCNC(=O)[C@H]3CC(=O)N(C)[C@@H]3c3cccnc3)CC2)C1. The molecule has 394 valence electrons. The smallest absolute Gasteiger partial charge is 0.379 e. The third-order valence-corrected chi connectivity index (χ3v) is 14.3. The molecule has 2 aliphatic heterocycles. The van der Waals surface area contributed by atoms with Gasteiger partial charge in [0.15, 0.2) is 0 Å². The van der Waals surface area contributed by atoms with Crippen molar-refractivity contribution in [1.29, 1.82) is 0 Å². The lowest BCUT2D eigenvalue weighted by atomic mass is 9.83. The van der Waals surface area contributed by atoms with Crippen molar-refractivity contribution in [3.05, 3.63) is 60.2 Å². The Morgan fingerprint density at radius 3 is 2.32 bits per heavy atom. The van der Waals surface area contributed by atoms with Crippen LogP contribution < -0.4 is 26.6 Å². The number of halogens is 3. The predicted molar refractivity (Wildman–Crippen MR) is 261 cm³/mol. The highest BCUT2D eigenvalue weighted by Gasteiger charge is 2.44. The van der Waals surface area contributed by atoms with Crippen LogP contribution in [-0.2, 0) is 44.4 Å². The van der Waals surface area contributed by atoms with Gasteiger partial charge in [-0.25, -0.2) is 9.97 Å². The molecule has 0 unspecified atom stereocenters. The van der Waals surface area contributed by atoms with Crippen LogP contribution in [0.5, 0.6) is 0 Å². The first-order valence-electron chi connectivity index (χ1n) is 25.5. The summed E-state index contributed by atoms with van der Waals surface area (Å²) in [6, 6.07) is 5.57. The molecule has 18 nitrogen and oxygen atoms in total. The fourth-order valence-corrected chi connectivity index (χ4v) is 10.5. The van der Waals surface area contributed by atoms with Crippen LogP contribution >= 0.6 is 0 Å². The summed E-state index contributed by atoms with van der Waals surface area (Å²) in [5.74, 6) is -0.329. The molecule has 1 aromatic carbocycles. The molecule has 2 saturated heterocycles. The van der Waals surface area contributed by atoms with Gasteiger partial charge in [0.1, 0.15) is 18.2 Å². The topological polar surface area (TPSA) is 218 Å². The number of likely N-dealkylation sites (tertiary alicyclic amines) is 2. The van der Waals surface area contributed by atoms with Crippen molar-refractivity contribution in [3.63, 3.8) is 0 Å². The van der Waals surface area contributed by atoms with Crippen molar-refractivity contribution in [1.82, 2.24) is 46.0 Å². The number of nitrogens with one attached hydrogen (secondary N) is 5. The number of amides is 5. The summed E-state index contributed by atoms with van der Waals surface area (Å²) in [5, 5.41) is 16.2. The number of carbonyl (C=O) groups is 5. The normalized spacial score (nSPS) is 24.8. The van der Waals surface area contributed by atoms with Crippen molar-refractivity contribution >= 4 is 46.3 Å². The molecule has 72 heavy (non-hydrogen) atoms. The van der Waals surface area contributed by atoms with Gasteiger partial charge in [0.25, 0.3) is 0 Å². The van der Waals surface area contributed by atoms with E-state index >= 15 is 0 Å². The van der Waals surface area contributed by atoms with Crippen LogP contribution in [0.2, 0.25) is 0 Å². The Morgan fingerprint density at radius 1 is 0.861 bits per heavy atom. The lowest BCUT2D eigenvalue weighted by Gasteiger charge is -2.42. The van der Waals surface area contributed by atoms with Crippen molar-refractivity contribution < 1.29 is 51.4 Å². The Bertz CT molecular complexity index is 2290. The molecule has 0 spiro atoms. The van der Waals surface area contributed by atoms with Crippen LogP contribution in [-0.4, -0.2) is 151 Å². The van der Waals surface area contributed by atoms with Gasteiger partial charge in [-0.3, -0.25) is 29.0 Å². The van der Waals surface area contributed by atoms with Crippen LogP contribution in [0, 0.1) is 17.8 Å². The van der Waals surface area contributed by atoms with E-state index in [9.17, 15) is 37.1 Å². The van der Waals surface area contributed by atoms with E-state index in [1.54, 1.807) is 30.4 Å². The standard InChI is InChI=1S/C51H71F3N10O8/c1-32(2)29-57-37-11-13-43(64-18-14-41(50(64)69)62-48-38-26-35(51(52,53)54)8-12-40(38)58-31-59-48)42(27-37)61-45(66)25-33-6-9-36(10-7-33)60-44(65)15-19-70-21-23-72-24-22-71-20-17-56-49(68)39-28-46(67)63(3)47(39)34-5-4-16-55-30-34/h4-5,8,12,16,26,30-33,36-37,39,41-43,47,57H,6-7,9-11,13-15,17-25,27-29H2,1-3H3,(H,56,68)(H,60,65)(H,61,66)(H,58,59,62)/t33?,36?,37-,39+,41+,42-,43+,47-/m1/s1. The Hall–Kier alpha value is -5.51. The van der Waals surface area contributed by atoms with Crippen molar-refractivity contribution in [2.24, 2.45) is 17.8 Å². The number of hydrogen-bond donors (Lipinski definition) is 5. The third-order valence-electron chi connectivity index (χ3n) is 14.3. The second kappa shape index (κ2) is 25.9. The number of anilines is 1. The maximum atomic E-state index is 14.0. The summed E-state index contributed by atoms with van der Waals surface area (Å²) < 4.78 is 57.5. The largest absolute Gasteiger partial charge is 0.416 e. The fourth-order valence-electron chi connectivity index (χ4n) is 10.5. The molecule has 4 aliphatic rings. The number of aromatic nitrogens is 3. The monoisotopic (exact) mass is 1010 g/mol. The molecule has 4 fully saturated rings. The second-order valence-corrected chi connectivity index (χ2v) is 19.9. The number of rotatable bonds is 24. The van der Waals surface area contributed by atoms with Gasteiger partial charge in [0, 0.05) is 69.3 Å². The summed E-state index contributed by atoms with van der Waals surface area (Å²) in [7, 11) is 1.70. The van der Waals surface area contributed by atoms with Crippen LogP contribution in [0.25, 0.3) is 10.9 Å². The number of alkyl halides is 3. The number of carbonyl (C=O) groups excluding carboxylic acids is 5. The molecule has 4 heterocycles. The molecule has 7 rings (SSSR count). The first kappa shape index (κ1) is 54.3. The molecule has 2 saturated carbocycles. The minimum absolute atomic E-state index is 0.0242. The van der Waals surface area contributed by atoms with E-state index in [0.29, 0.717) is 83.2 Å². The minimum atomic E-state index is -4.55. The first-order chi connectivity index (χ1) is 34.6. The Labute approximate surface area is 419 Å². The summed E-state index contributed by atoms with van der Waals surface area (Å²) in [6.45, 7) is 7.76. The number of ether oxygens (including phenoxy) is 3. The molecule has 6 atom stereocenters. The summed E-state index contributed by atoms with van der Waals surface area (Å²) in [6.07, 6.45) is 6.52. The number of pyridine rings is 1. The Balaban J connectivity index is 0.757. The van der Waals surface area contributed by atoms with E-state index in [2.05, 4.69) is 55.4 Å². The zero-order chi connectivity index (χ0) is 51.2. The predicted octanol–water partition coefficient (Wildman–Crippen LogP) is 4.55. The lowest BCUT2D eigenvalue weighted by Crippen LogP contribution is -2.58. The number of nitrogens with zero attached hydrogens (tertiary/aromatic N) is 5. The van der Waals surface area contributed by atoms with Gasteiger partial charge in [-0.05, 0) is 99.6 Å². The molecule has 5 N–H and O–H groups in total. The molecule has 21 heteroatoms. The molecule has 5 amide bonds. The average molecular weight is 1010 g/mol. The van der Waals surface area contributed by atoms with E-state index in [4.69, 9.17) is 14.2 Å². The molecular formula is C51H71F3N10O8. The number of fused-ring (bicyclic) bond motifs is 1. The average Bonchev–Trinajstić information content (AvgIpc) is 3.87. The zero-order valence-electron chi connectivity index (χ0n) is 41.6.